The van der Waals surface area contributed by atoms with Gasteiger partial charge in [-0.15, -0.1) is 0 Å². The minimum absolute atomic E-state index is 0.0347. The van der Waals surface area contributed by atoms with Crippen LogP contribution in [0, 0.1) is 0 Å². The lowest BCUT2D eigenvalue weighted by Crippen LogP contribution is -2.51. The molecule has 0 aromatic carbocycles. The summed E-state index contributed by atoms with van der Waals surface area (Å²) in [6, 6.07) is 0.806. The number of nitrogens with zero attached hydrogens (tertiary/aromatic N) is 2. The second-order valence-corrected chi connectivity index (χ2v) is 5.03. The van der Waals surface area contributed by atoms with E-state index in [1.165, 1.54) is 0 Å². The summed E-state index contributed by atoms with van der Waals surface area (Å²) in [6.07, 6.45) is 1.80. The lowest BCUT2D eigenvalue weighted by Gasteiger charge is -2.36. The van der Waals surface area contributed by atoms with Gasteiger partial charge in [0.25, 0.3) is 0 Å². The number of carbonyl (C=O) groups excluding carboxylic acids is 1. The van der Waals surface area contributed by atoms with Gasteiger partial charge in [-0.05, 0) is 40.2 Å². The van der Waals surface area contributed by atoms with Crippen molar-refractivity contribution >= 4 is 5.91 Å². The monoisotopic (exact) mass is 227 g/mol. The van der Waals surface area contributed by atoms with E-state index in [9.17, 15) is 4.79 Å². The molecule has 1 aliphatic rings. The first kappa shape index (κ1) is 13.5. The van der Waals surface area contributed by atoms with Crippen LogP contribution in [0.2, 0.25) is 0 Å². The van der Waals surface area contributed by atoms with Crippen LogP contribution in [0.15, 0.2) is 0 Å². The Morgan fingerprint density at radius 3 is 2.62 bits per heavy atom. The number of amides is 1. The Labute approximate surface area is 98.8 Å². The molecule has 1 aliphatic heterocycles. The van der Waals surface area contributed by atoms with Crippen LogP contribution >= 0.6 is 0 Å². The van der Waals surface area contributed by atoms with Crippen LogP contribution in [0.1, 0.15) is 33.6 Å². The van der Waals surface area contributed by atoms with E-state index in [0.29, 0.717) is 18.6 Å². The molecule has 0 spiro atoms. The average Bonchev–Trinajstić information content (AvgIpc) is 2.32. The highest BCUT2D eigenvalue weighted by Crippen LogP contribution is 2.21. The van der Waals surface area contributed by atoms with Crippen LogP contribution < -0.4 is 5.73 Å². The lowest BCUT2D eigenvalue weighted by molar-refractivity contribution is -0.135. The highest BCUT2D eigenvalue weighted by Gasteiger charge is 2.35. The number of hydrogen-bond acceptors (Lipinski definition) is 3. The Morgan fingerprint density at radius 1 is 1.50 bits per heavy atom. The second-order valence-electron chi connectivity index (χ2n) is 5.03. The van der Waals surface area contributed by atoms with Gasteiger partial charge in [-0.3, -0.25) is 9.69 Å². The summed E-state index contributed by atoms with van der Waals surface area (Å²) in [6.45, 7) is 7.93. The highest BCUT2D eigenvalue weighted by atomic mass is 16.2. The first-order valence-corrected chi connectivity index (χ1v) is 6.21. The van der Waals surface area contributed by atoms with Crippen LogP contribution in [0.4, 0.5) is 0 Å². The van der Waals surface area contributed by atoms with Crippen molar-refractivity contribution in [2.75, 3.05) is 20.1 Å². The van der Waals surface area contributed by atoms with Gasteiger partial charge in [-0.2, -0.15) is 0 Å². The van der Waals surface area contributed by atoms with E-state index < -0.39 is 0 Å². The molecular formula is C12H25N3O. The van der Waals surface area contributed by atoms with Gasteiger partial charge in [0.05, 0.1) is 6.04 Å². The molecule has 4 nitrogen and oxygen atoms in total. The van der Waals surface area contributed by atoms with E-state index in [-0.39, 0.29) is 11.9 Å². The quantitative estimate of drug-likeness (QED) is 0.771. The number of hydrogen-bond donors (Lipinski definition) is 1. The molecule has 1 heterocycles. The van der Waals surface area contributed by atoms with Gasteiger partial charge < -0.3 is 10.6 Å². The van der Waals surface area contributed by atoms with Gasteiger partial charge in [-0.25, -0.2) is 0 Å². The maximum atomic E-state index is 12.2. The van der Waals surface area contributed by atoms with Crippen LogP contribution in [0.3, 0.4) is 0 Å². The van der Waals surface area contributed by atoms with Crippen molar-refractivity contribution in [2.24, 2.45) is 5.73 Å². The largest absolute Gasteiger partial charge is 0.344 e. The summed E-state index contributed by atoms with van der Waals surface area (Å²) in [5.74, 6) is 0.225. The van der Waals surface area contributed by atoms with Crippen molar-refractivity contribution in [3.8, 4) is 0 Å². The Kier molecular flexibility index (Phi) is 4.74. The molecule has 0 aliphatic carbocycles. The fraction of sp³-hybridized carbons (Fsp3) is 0.917. The maximum absolute atomic E-state index is 12.2. The highest BCUT2D eigenvalue weighted by molar-refractivity contribution is 5.82. The lowest BCUT2D eigenvalue weighted by atomic mass is 10.1. The third-order valence-electron chi connectivity index (χ3n) is 3.45. The number of likely N-dealkylation sites (N-methyl/N-ethyl adjacent to an activating group) is 1. The molecule has 0 aromatic rings. The molecule has 0 aromatic heterocycles. The number of nitrogens with two attached hydrogens (primary N) is 1. The summed E-state index contributed by atoms with van der Waals surface area (Å²) in [4.78, 5) is 16.4. The van der Waals surface area contributed by atoms with Crippen molar-refractivity contribution in [3.63, 3.8) is 0 Å². The van der Waals surface area contributed by atoms with Crippen LogP contribution in [0.5, 0.6) is 0 Å². The van der Waals surface area contributed by atoms with Crippen molar-refractivity contribution in [1.29, 1.82) is 0 Å². The topological polar surface area (TPSA) is 49.6 Å². The zero-order chi connectivity index (χ0) is 12.3. The van der Waals surface area contributed by atoms with Gasteiger partial charge in [-0.1, -0.05) is 0 Å². The molecule has 0 bridgehead atoms. The van der Waals surface area contributed by atoms with E-state index in [0.717, 1.165) is 19.4 Å². The number of rotatable bonds is 3. The third kappa shape index (κ3) is 2.74. The molecule has 0 radical (unpaired) electrons. The molecule has 2 unspecified atom stereocenters. The molecule has 1 saturated heterocycles. The molecular weight excluding hydrogens is 202 g/mol. The number of carbonyl (C=O) groups is 1. The molecule has 16 heavy (non-hydrogen) atoms. The predicted molar refractivity (Wildman–Crippen MR) is 66.2 cm³/mol. The van der Waals surface area contributed by atoms with Crippen LogP contribution in [0.25, 0.3) is 0 Å². The Bertz CT molecular complexity index is 242. The SMILES string of the molecule is CC(C)N1C(C)CCN(C)C(=O)C1CCN. The zero-order valence-corrected chi connectivity index (χ0v) is 10.9. The van der Waals surface area contributed by atoms with Crippen LogP contribution in [-0.2, 0) is 4.79 Å². The predicted octanol–water partition coefficient (Wildman–Crippen LogP) is 0.665. The summed E-state index contributed by atoms with van der Waals surface area (Å²) in [5.41, 5.74) is 5.63. The maximum Gasteiger partial charge on any atom is 0.239 e. The summed E-state index contributed by atoms with van der Waals surface area (Å²) >= 11 is 0. The summed E-state index contributed by atoms with van der Waals surface area (Å²) in [5, 5.41) is 0. The molecule has 1 rings (SSSR count). The van der Waals surface area contributed by atoms with Gasteiger partial charge in [0.2, 0.25) is 5.91 Å². The minimum Gasteiger partial charge on any atom is -0.344 e. The first-order valence-electron chi connectivity index (χ1n) is 6.21. The summed E-state index contributed by atoms with van der Waals surface area (Å²) < 4.78 is 0. The fourth-order valence-electron chi connectivity index (χ4n) is 2.63. The van der Waals surface area contributed by atoms with E-state index in [1.807, 2.05) is 11.9 Å². The minimum atomic E-state index is -0.0347. The molecule has 0 saturated carbocycles. The van der Waals surface area contributed by atoms with Gasteiger partial charge in [0.15, 0.2) is 0 Å². The standard InChI is InChI=1S/C12H25N3O/c1-9(2)15-10(3)6-8-14(4)12(16)11(15)5-7-13/h9-11H,5-8,13H2,1-4H3. The first-order chi connectivity index (χ1) is 7.49. The average molecular weight is 227 g/mol. The summed E-state index contributed by atoms with van der Waals surface area (Å²) in [7, 11) is 1.89. The molecule has 94 valence electrons. The molecule has 1 amide bonds. The van der Waals surface area contributed by atoms with Gasteiger partial charge in [0, 0.05) is 25.7 Å². The molecule has 4 heteroatoms. The smallest absolute Gasteiger partial charge is 0.239 e. The fourth-order valence-corrected chi connectivity index (χ4v) is 2.63. The zero-order valence-electron chi connectivity index (χ0n) is 10.9. The van der Waals surface area contributed by atoms with E-state index >= 15 is 0 Å². The van der Waals surface area contributed by atoms with Crippen LogP contribution in [-0.4, -0.2) is 54.0 Å². The van der Waals surface area contributed by atoms with E-state index in [4.69, 9.17) is 5.73 Å². The van der Waals surface area contributed by atoms with Gasteiger partial charge >= 0.3 is 0 Å². The Hall–Kier alpha value is -0.610. The van der Waals surface area contributed by atoms with Crippen molar-refractivity contribution < 1.29 is 4.79 Å². The van der Waals surface area contributed by atoms with E-state index in [2.05, 4.69) is 25.7 Å². The van der Waals surface area contributed by atoms with E-state index in [1.54, 1.807) is 0 Å². The second kappa shape index (κ2) is 5.64. The Morgan fingerprint density at radius 2 is 2.12 bits per heavy atom. The third-order valence-corrected chi connectivity index (χ3v) is 3.45. The van der Waals surface area contributed by atoms with Crippen molar-refractivity contribution in [3.05, 3.63) is 0 Å². The van der Waals surface area contributed by atoms with Crippen molar-refractivity contribution in [1.82, 2.24) is 9.80 Å². The molecule has 1 fully saturated rings. The van der Waals surface area contributed by atoms with Crippen molar-refractivity contribution in [2.45, 2.75) is 51.7 Å². The Balaban J connectivity index is 2.93. The normalized spacial score (nSPS) is 28.6. The molecule has 2 N–H and O–H groups in total. The molecule has 2 atom stereocenters. The van der Waals surface area contributed by atoms with Gasteiger partial charge in [0.1, 0.15) is 0 Å².